The van der Waals surface area contributed by atoms with E-state index in [0.717, 1.165) is 51.4 Å². The summed E-state index contributed by atoms with van der Waals surface area (Å²) < 4.78 is 12.6. The predicted octanol–water partition coefficient (Wildman–Crippen LogP) is 9.43. The molecule has 6 atom stereocenters. The highest BCUT2D eigenvalue weighted by molar-refractivity contribution is 4.89. The lowest BCUT2D eigenvalue weighted by molar-refractivity contribution is -0.110. The van der Waals surface area contributed by atoms with Gasteiger partial charge in [-0.05, 0) is 38.5 Å². The number of ether oxygens (including phenoxy) is 2. The van der Waals surface area contributed by atoms with Crippen molar-refractivity contribution in [1.29, 1.82) is 0 Å². The molecule has 0 radical (unpaired) electrons. The molecule has 4 nitrogen and oxygen atoms in total. The van der Waals surface area contributed by atoms with E-state index in [1.807, 2.05) is 0 Å². The Labute approximate surface area is 237 Å². The van der Waals surface area contributed by atoms with E-state index in [9.17, 15) is 10.2 Å². The Morgan fingerprint density at radius 3 is 1.05 bits per heavy atom. The summed E-state index contributed by atoms with van der Waals surface area (Å²) in [7, 11) is 0. The molecule has 0 unspecified atom stereocenters. The first kappa shape index (κ1) is 34.0. The maximum atomic E-state index is 10.7. The monoisotopic (exact) mass is 538 g/mol. The van der Waals surface area contributed by atoms with Gasteiger partial charge < -0.3 is 19.7 Å². The summed E-state index contributed by atoms with van der Waals surface area (Å²) in [5, 5.41) is 21.4. The van der Waals surface area contributed by atoms with Crippen LogP contribution in [0.1, 0.15) is 181 Å². The van der Waals surface area contributed by atoms with Gasteiger partial charge in [-0.15, -0.1) is 0 Å². The van der Waals surface area contributed by atoms with Gasteiger partial charge in [-0.25, -0.2) is 0 Å². The molecule has 0 bridgehead atoms. The first-order valence-corrected chi connectivity index (χ1v) is 17.3. The molecule has 2 fully saturated rings. The summed E-state index contributed by atoms with van der Waals surface area (Å²) in [5.41, 5.74) is 0. The maximum Gasteiger partial charge on any atom is 0.0842 e. The third-order valence-electron chi connectivity index (χ3n) is 9.15. The van der Waals surface area contributed by atoms with Crippen LogP contribution in [0.5, 0.6) is 0 Å². The van der Waals surface area contributed by atoms with Gasteiger partial charge in [-0.3, -0.25) is 0 Å². The van der Waals surface area contributed by atoms with Crippen molar-refractivity contribution in [2.45, 2.75) is 217 Å². The summed E-state index contributed by atoms with van der Waals surface area (Å²) in [6.45, 7) is 4.55. The second kappa shape index (κ2) is 22.5. The fourth-order valence-corrected chi connectivity index (χ4v) is 6.55. The largest absolute Gasteiger partial charge is 0.390 e. The highest BCUT2D eigenvalue weighted by Crippen LogP contribution is 2.34. The Bertz CT molecular complexity index is 481. The lowest BCUT2D eigenvalue weighted by Gasteiger charge is -2.24. The average molecular weight is 539 g/mol. The standard InChI is InChI=1S/C34H66O4/c1-3-5-7-9-11-13-15-17-19-21-23-29(35)31-25-27-33(37-31)34-28-26-32(38-34)30(36)24-22-20-18-16-14-12-10-8-6-4-2/h29-36H,3-28H2,1-2H3/t29-,30-,31-,32-,33-,34-/m1/s1. The second-order valence-corrected chi connectivity index (χ2v) is 12.7. The van der Waals surface area contributed by atoms with Crippen LogP contribution in [0.2, 0.25) is 0 Å². The normalized spacial score (nSPS) is 25.3. The second-order valence-electron chi connectivity index (χ2n) is 12.7. The van der Waals surface area contributed by atoms with Crippen molar-refractivity contribution in [3.63, 3.8) is 0 Å². The number of hydrogen-bond donors (Lipinski definition) is 2. The van der Waals surface area contributed by atoms with E-state index in [2.05, 4.69) is 13.8 Å². The number of rotatable bonds is 25. The minimum Gasteiger partial charge on any atom is -0.390 e. The lowest BCUT2D eigenvalue weighted by Crippen LogP contribution is -2.33. The molecule has 0 spiro atoms. The van der Waals surface area contributed by atoms with Crippen molar-refractivity contribution in [3.8, 4) is 0 Å². The molecule has 0 amide bonds. The van der Waals surface area contributed by atoms with Gasteiger partial charge in [-0.1, -0.05) is 142 Å². The molecule has 2 heterocycles. The van der Waals surface area contributed by atoms with Crippen molar-refractivity contribution in [3.05, 3.63) is 0 Å². The molecule has 38 heavy (non-hydrogen) atoms. The molecule has 4 heteroatoms. The smallest absolute Gasteiger partial charge is 0.0842 e. The van der Waals surface area contributed by atoms with E-state index in [4.69, 9.17) is 9.47 Å². The maximum absolute atomic E-state index is 10.7. The van der Waals surface area contributed by atoms with Crippen LogP contribution in [0.3, 0.4) is 0 Å². The van der Waals surface area contributed by atoms with Crippen LogP contribution in [0.25, 0.3) is 0 Å². The van der Waals surface area contributed by atoms with E-state index < -0.39 is 0 Å². The predicted molar refractivity (Wildman–Crippen MR) is 161 cm³/mol. The van der Waals surface area contributed by atoms with Crippen LogP contribution < -0.4 is 0 Å². The van der Waals surface area contributed by atoms with Crippen LogP contribution in [0, 0.1) is 0 Å². The molecular formula is C34H66O4. The number of aliphatic hydroxyl groups excluding tert-OH is 2. The van der Waals surface area contributed by atoms with E-state index in [1.165, 1.54) is 116 Å². The first-order valence-electron chi connectivity index (χ1n) is 17.3. The Hall–Kier alpha value is -0.160. The zero-order valence-electron chi connectivity index (χ0n) is 25.6. The molecule has 0 aromatic rings. The SMILES string of the molecule is CCCCCCCCCCCC[C@@H](O)[C@H]1CC[C@H]([C@H]2CC[C@H]([C@H](O)CCCCCCCCCCCC)O2)O1. The molecule has 2 aliphatic rings. The lowest BCUT2D eigenvalue weighted by atomic mass is 10.0. The summed E-state index contributed by atoms with van der Waals surface area (Å²) in [6, 6.07) is 0. The van der Waals surface area contributed by atoms with Gasteiger partial charge in [0.2, 0.25) is 0 Å². The zero-order chi connectivity index (χ0) is 27.3. The van der Waals surface area contributed by atoms with Crippen molar-refractivity contribution >= 4 is 0 Å². The van der Waals surface area contributed by atoms with Crippen LogP contribution in [-0.4, -0.2) is 46.8 Å². The van der Waals surface area contributed by atoms with Gasteiger partial charge in [0, 0.05) is 0 Å². The van der Waals surface area contributed by atoms with Gasteiger partial charge in [-0.2, -0.15) is 0 Å². The van der Waals surface area contributed by atoms with E-state index in [-0.39, 0.29) is 36.6 Å². The molecule has 226 valence electrons. The third-order valence-corrected chi connectivity index (χ3v) is 9.15. The highest BCUT2D eigenvalue weighted by Gasteiger charge is 2.40. The fourth-order valence-electron chi connectivity index (χ4n) is 6.55. The molecule has 2 aliphatic heterocycles. The Morgan fingerprint density at radius 1 is 0.447 bits per heavy atom. The summed E-state index contributed by atoms with van der Waals surface area (Å²) in [4.78, 5) is 0. The molecule has 0 aromatic heterocycles. The van der Waals surface area contributed by atoms with Gasteiger partial charge in [0.25, 0.3) is 0 Å². The van der Waals surface area contributed by atoms with Crippen molar-refractivity contribution < 1.29 is 19.7 Å². The molecule has 2 saturated heterocycles. The summed E-state index contributed by atoms with van der Waals surface area (Å²) in [6.07, 6.45) is 31.5. The first-order chi connectivity index (χ1) is 18.7. The zero-order valence-corrected chi connectivity index (χ0v) is 25.6. The summed E-state index contributed by atoms with van der Waals surface area (Å²) in [5.74, 6) is 0. The van der Waals surface area contributed by atoms with Crippen molar-refractivity contribution in [2.75, 3.05) is 0 Å². The average Bonchev–Trinajstić information content (AvgIpc) is 3.61. The summed E-state index contributed by atoms with van der Waals surface area (Å²) >= 11 is 0. The van der Waals surface area contributed by atoms with Crippen LogP contribution in [0.4, 0.5) is 0 Å². The van der Waals surface area contributed by atoms with E-state index in [0.29, 0.717) is 0 Å². The van der Waals surface area contributed by atoms with E-state index in [1.54, 1.807) is 0 Å². The van der Waals surface area contributed by atoms with Crippen molar-refractivity contribution in [2.24, 2.45) is 0 Å². The fraction of sp³-hybridized carbons (Fsp3) is 1.00. The van der Waals surface area contributed by atoms with Gasteiger partial charge in [0.15, 0.2) is 0 Å². The molecule has 0 saturated carbocycles. The Balaban J connectivity index is 1.46. The minimum atomic E-state index is -0.340. The number of unbranched alkanes of at least 4 members (excludes halogenated alkanes) is 18. The highest BCUT2D eigenvalue weighted by atomic mass is 16.6. The Morgan fingerprint density at radius 2 is 0.737 bits per heavy atom. The number of hydrogen-bond acceptors (Lipinski definition) is 4. The topological polar surface area (TPSA) is 58.9 Å². The van der Waals surface area contributed by atoms with Gasteiger partial charge in [0.1, 0.15) is 0 Å². The third kappa shape index (κ3) is 15.0. The van der Waals surface area contributed by atoms with Crippen LogP contribution >= 0.6 is 0 Å². The quantitative estimate of drug-likeness (QED) is 0.114. The van der Waals surface area contributed by atoms with E-state index >= 15 is 0 Å². The molecule has 0 aromatic carbocycles. The van der Waals surface area contributed by atoms with Crippen molar-refractivity contribution in [1.82, 2.24) is 0 Å². The Kier molecular flexibility index (Phi) is 20.2. The molecule has 2 rings (SSSR count). The molecule has 2 N–H and O–H groups in total. The number of aliphatic hydroxyl groups is 2. The minimum absolute atomic E-state index is 0.0298. The van der Waals surface area contributed by atoms with Crippen LogP contribution in [-0.2, 0) is 9.47 Å². The van der Waals surface area contributed by atoms with Gasteiger partial charge >= 0.3 is 0 Å². The van der Waals surface area contributed by atoms with Crippen LogP contribution in [0.15, 0.2) is 0 Å². The molecular weight excluding hydrogens is 472 g/mol. The van der Waals surface area contributed by atoms with Gasteiger partial charge in [0.05, 0.1) is 36.6 Å². The molecule has 0 aliphatic carbocycles.